The van der Waals surface area contributed by atoms with Crippen LogP contribution < -0.4 is 11.1 Å². The fourth-order valence-corrected chi connectivity index (χ4v) is 3.38. The molecule has 1 amide bonds. The highest BCUT2D eigenvalue weighted by atomic mass is 127. The van der Waals surface area contributed by atoms with Crippen LogP contribution in [0.4, 0.5) is 0 Å². The zero-order chi connectivity index (χ0) is 19.5. The molecule has 1 aromatic carbocycles. The van der Waals surface area contributed by atoms with Crippen molar-refractivity contribution >= 4 is 35.8 Å². The second-order valence-electron chi connectivity index (χ2n) is 7.43. The summed E-state index contributed by atoms with van der Waals surface area (Å²) in [4.78, 5) is 18.3. The first-order chi connectivity index (χ1) is 13.1. The molecule has 6 nitrogen and oxygen atoms in total. The standard InChI is InChI=1S/C21H34N4O2.HI/c1-3-23-21(25-11-7-10-19(14-25)12-20(22)26)24-13-17(2)15-27-16-18-8-5-4-6-9-18;/h4-6,8-9,17,19H,3,7,10-16H2,1-2H3,(H2,22,26)(H,23,24);1H. The zero-order valence-electron chi connectivity index (χ0n) is 17.1. The first kappa shape index (κ1) is 24.7. The summed E-state index contributed by atoms with van der Waals surface area (Å²) in [6.07, 6.45) is 2.58. The van der Waals surface area contributed by atoms with E-state index < -0.39 is 0 Å². The van der Waals surface area contributed by atoms with E-state index in [1.807, 2.05) is 18.2 Å². The van der Waals surface area contributed by atoms with Crippen molar-refractivity contribution in [2.75, 3.05) is 32.8 Å². The maximum absolute atomic E-state index is 11.2. The van der Waals surface area contributed by atoms with E-state index in [-0.39, 0.29) is 29.9 Å². The van der Waals surface area contributed by atoms with Gasteiger partial charge in [-0.05, 0) is 37.2 Å². The van der Waals surface area contributed by atoms with Gasteiger partial charge in [-0.15, -0.1) is 24.0 Å². The van der Waals surface area contributed by atoms with Crippen LogP contribution in [0.15, 0.2) is 35.3 Å². The number of nitrogens with zero attached hydrogens (tertiary/aromatic N) is 2. The lowest BCUT2D eigenvalue weighted by Crippen LogP contribution is -2.47. The predicted molar refractivity (Wildman–Crippen MR) is 125 cm³/mol. The van der Waals surface area contributed by atoms with Crippen molar-refractivity contribution < 1.29 is 9.53 Å². The number of halogens is 1. The van der Waals surface area contributed by atoms with Crippen LogP contribution in [0.25, 0.3) is 0 Å². The van der Waals surface area contributed by atoms with Gasteiger partial charge in [0.1, 0.15) is 0 Å². The molecule has 0 aromatic heterocycles. The largest absolute Gasteiger partial charge is 0.376 e. The van der Waals surface area contributed by atoms with Crippen LogP contribution in [-0.4, -0.2) is 49.6 Å². The van der Waals surface area contributed by atoms with Gasteiger partial charge in [-0.1, -0.05) is 37.3 Å². The minimum Gasteiger partial charge on any atom is -0.376 e. The maximum atomic E-state index is 11.2. The number of carbonyl (C=O) groups is 1. The van der Waals surface area contributed by atoms with Crippen LogP contribution in [0.5, 0.6) is 0 Å². The first-order valence-electron chi connectivity index (χ1n) is 10.0. The minimum absolute atomic E-state index is 0. The Morgan fingerprint density at radius 2 is 2.14 bits per heavy atom. The molecule has 1 aliphatic rings. The Morgan fingerprint density at radius 1 is 1.39 bits per heavy atom. The number of piperidine rings is 1. The molecule has 158 valence electrons. The molecule has 0 saturated carbocycles. The smallest absolute Gasteiger partial charge is 0.217 e. The van der Waals surface area contributed by atoms with E-state index in [4.69, 9.17) is 15.5 Å². The van der Waals surface area contributed by atoms with Crippen LogP contribution in [0.3, 0.4) is 0 Å². The van der Waals surface area contributed by atoms with Crippen molar-refractivity contribution in [3.63, 3.8) is 0 Å². The zero-order valence-corrected chi connectivity index (χ0v) is 19.4. The summed E-state index contributed by atoms with van der Waals surface area (Å²) < 4.78 is 5.83. The normalized spacial score (nSPS) is 18.3. The summed E-state index contributed by atoms with van der Waals surface area (Å²) in [6.45, 7) is 8.91. The Bertz CT molecular complexity index is 597. The van der Waals surface area contributed by atoms with Crippen molar-refractivity contribution in [2.24, 2.45) is 22.6 Å². The number of carbonyl (C=O) groups excluding carboxylic acids is 1. The molecule has 1 aromatic rings. The molecule has 1 aliphatic heterocycles. The molecule has 0 aliphatic carbocycles. The number of amides is 1. The highest BCUT2D eigenvalue weighted by molar-refractivity contribution is 14.0. The molecular weight excluding hydrogens is 467 g/mol. The van der Waals surface area contributed by atoms with Gasteiger partial charge in [0.25, 0.3) is 0 Å². The number of aliphatic imine (C=N–C) groups is 1. The van der Waals surface area contributed by atoms with E-state index in [9.17, 15) is 4.79 Å². The van der Waals surface area contributed by atoms with Gasteiger partial charge in [0.05, 0.1) is 13.2 Å². The fourth-order valence-electron chi connectivity index (χ4n) is 3.38. The number of hydrogen-bond acceptors (Lipinski definition) is 3. The Labute approximate surface area is 186 Å². The lowest BCUT2D eigenvalue weighted by atomic mass is 9.95. The Balaban J connectivity index is 0.00000392. The van der Waals surface area contributed by atoms with E-state index in [1.165, 1.54) is 5.56 Å². The number of benzene rings is 1. The van der Waals surface area contributed by atoms with Gasteiger partial charge in [0.2, 0.25) is 5.91 Å². The molecule has 2 atom stereocenters. The number of likely N-dealkylation sites (tertiary alicyclic amines) is 1. The van der Waals surface area contributed by atoms with Crippen LogP contribution in [-0.2, 0) is 16.1 Å². The van der Waals surface area contributed by atoms with Gasteiger partial charge < -0.3 is 20.7 Å². The molecule has 3 N–H and O–H groups in total. The molecule has 0 radical (unpaired) electrons. The van der Waals surface area contributed by atoms with Crippen molar-refractivity contribution in [3.05, 3.63) is 35.9 Å². The summed E-state index contributed by atoms with van der Waals surface area (Å²) in [5, 5.41) is 3.38. The van der Waals surface area contributed by atoms with Crippen LogP contribution >= 0.6 is 24.0 Å². The average molecular weight is 502 g/mol. The number of guanidine groups is 1. The third-order valence-electron chi connectivity index (χ3n) is 4.71. The summed E-state index contributed by atoms with van der Waals surface area (Å²) in [6, 6.07) is 10.2. The summed E-state index contributed by atoms with van der Waals surface area (Å²) in [7, 11) is 0. The maximum Gasteiger partial charge on any atom is 0.217 e. The first-order valence-corrected chi connectivity index (χ1v) is 10.0. The Hall–Kier alpha value is -1.35. The highest BCUT2D eigenvalue weighted by Crippen LogP contribution is 2.19. The molecular formula is C21H35IN4O2. The topological polar surface area (TPSA) is 80.0 Å². The Kier molecular flexibility index (Phi) is 12.1. The number of hydrogen-bond donors (Lipinski definition) is 2. The van der Waals surface area contributed by atoms with Gasteiger partial charge in [0.15, 0.2) is 5.96 Å². The molecule has 0 bridgehead atoms. The third-order valence-corrected chi connectivity index (χ3v) is 4.71. The van der Waals surface area contributed by atoms with Crippen molar-refractivity contribution in [2.45, 2.75) is 39.7 Å². The lowest BCUT2D eigenvalue weighted by Gasteiger charge is -2.34. The van der Waals surface area contributed by atoms with Crippen molar-refractivity contribution in [1.29, 1.82) is 0 Å². The van der Waals surface area contributed by atoms with Gasteiger partial charge in [-0.3, -0.25) is 9.79 Å². The van der Waals surface area contributed by atoms with Gasteiger partial charge in [-0.25, -0.2) is 0 Å². The number of nitrogens with one attached hydrogen (secondary N) is 1. The lowest BCUT2D eigenvalue weighted by molar-refractivity contribution is -0.119. The van der Waals surface area contributed by atoms with Crippen LogP contribution in [0.1, 0.15) is 38.7 Å². The SMILES string of the molecule is CCNC(=NCC(C)COCc1ccccc1)N1CCCC(CC(N)=O)C1.I. The molecule has 1 fully saturated rings. The minimum atomic E-state index is -0.215. The van der Waals surface area contributed by atoms with E-state index in [1.54, 1.807) is 0 Å². The highest BCUT2D eigenvalue weighted by Gasteiger charge is 2.23. The number of nitrogens with two attached hydrogens (primary N) is 1. The van der Waals surface area contributed by atoms with Gasteiger partial charge >= 0.3 is 0 Å². The third kappa shape index (κ3) is 9.23. The number of rotatable bonds is 9. The number of ether oxygens (including phenoxy) is 1. The molecule has 28 heavy (non-hydrogen) atoms. The molecule has 2 rings (SSSR count). The summed E-state index contributed by atoms with van der Waals surface area (Å²) >= 11 is 0. The van der Waals surface area contributed by atoms with Crippen LogP contribution in [0.2, 0.25) is 0 Å². The predicted octanol–water partition coefficient (Wildman–Crippen LogP) is 3.01. The van der Waals surface area contributed by atoms with Crippen molar-refractivity contribution in [1.82, 2.24) is 10.2 Å². The molecule has 7 heteroatoms. The fraction of sp³-hybridized carbons (Fsp3) is 0.619. The van der Waals surface area contributed by atoms with Crippen LogP contribution in [0, 0.1) is 11.8 Å². The molecule has 0 spiro atoms. The van der Waals surface area contributed by atoms with E-state index in [0.717, 1.165) is 38.4 Å². The average Bonchev–Trinajstić information content (AvgIpc) is 2.65. The summed E-state index contributed by atoms with van der Waals surface area (Å²) in [5.74, 6) is 1.38. The van der Waals surface area contributed by atoms with Crippen molar-refractivity contribution in [3.8, 4) is 0 Å². The van der Waals surface area contributed by atoms with Gasteiger partial charge in [0, 0.05) is 32.6 Å². The molecule has 1 saturated heterocycles. The van der Waals surface area contributed by atoms with E-state index in [2.05, 4.69) is 36.2 Å². The van der Waals surface area contributed by atoms with E-state index >= 15 is 0 Å². The Morgan fingerprint density at radius 3 is 2.82 bits per heavy atom. The quantitative estimate of drug-likeness (QED) is 0.309. The molecule has 1 heterocycles. The van der Waals surface area contributed by atoms with Gasteiger partial charge in [-0.2, -0.15) is 0 Å². The summed E-state index contributed by atoms with van der Waals surface area (Å²) in [5.41, 5.74) is 6.56. The number of primary amides is 1. The molecule has 2 unspecified atom stereocenters. The monoisotopic (exact) mass is 502 g/mol. The van der Waals surface area contributed by atoms with E-state index in [0.29, 0.717) is 38.0 Å². The second-order valence-corrected chi connectivity index (χ2v) is 7.43. The second kappa shape index (κ2) is 13.8.